The number of carbonyl (C=O) groups excluding carboxylic acids is 2. The number of hydrogen-bond donors (Lipinski definition) is 0. The van der Waals surface area contributed by atoms with E-state index in [1.54, 1.807) is 6.92 Å². The standard InChI is InChI=1S/C17H18N2O3/c1-3-22-17(21)18-10-15-14(16(20)11-18)8-9-19(15)13-6-4-12(2)5-7-13/h4-9H,3,10-11H2,1-2H3. The summed E-state index contributed by atoms with van der Waals surface area (Å²) in [6, 6.07) is 9.87. The van der Waals surface area contributed by atoms with Crippen molar-refractivity contribution in [3.05, 3.63) is 53.3 Å². The second-order valence-corrected chi connectivity index (χ2v) is 5.36. The smallest absolute Gasteiger partial charge is 0.410 e. The third-order valence-electron chi connectivity index (χ3n) is 3.81. The minimum absolute atomic E-state index is 0.0554. The van der Waals surface area contributed by atoms with Crippen LogP contribution in [0.1, 0.15) is 28.5 Å². The number of rotatable bonds is 2. The van der Waals surface area contributed by atoms with Gasteiger partial charge in [-0.1, -0.05) is 17.7 Å². The molecule has 3 rings (SSSR count). The molecule has 0 N–H and O–H groups in total. The molecule has 0 radical (unpaired) electrons. The van der Waals surface area contributed by atoms with E-state index >= 15 is 0 Å². The number of nitrogens with zero attached hydrogens (tertiary/aromatic N) is 2. The van der Waals surface area contributed by atoms with Crippen LogP contribution >= 0.6 is 0 Å². The molecule has 22 heavy (non-hydrogen) atoms. The number of benzene rings is 1. The summed E-state index contributed by atoms with van der Waals surface area (Å²) in [5, 5.41) is 0. The van der Waals surface area contributed by atoms with Crippen LogP contribution < -0.4 is 0 Å². The third kappa shape index (κ3) is 2.50. The summed E-state index contributed by atoms with van der Waals surface area (Å²) < 4.78 is 6.96. The van der Waals surface area contributed by atoms with E-state index in [2.05, 4.69) is 0 Å². The Morgan fingerprint density at radius 2 is 1.91 bits per heavy atom. The highest BCUT2D eigenvalue weighted by Gasteiger charge is 2.29. The van der Waals surface area contributed by atoms with Crippen LogP contribution in [0.2, 0.25) is 0 Å². The van der Waals surface area contributed by atoms with Crippen molar-refractivity contribution >= 4 is 11.9 Å². The predicted octanol–water partition coefficient (Wildman–Crippen LogP) is 2.94. The molecule has 114 valence electrons. The van der Waals surface area contributed by atoms with Gasteiger partial charge in [-0.25, -0.2) is 4.79 Å². The fraction of sp³-hybridized carbons (Fsp3) is 0.294. The van der Waals surface area contributed by atoms with Crippen molar-refractivity contribution in [2.75, 3.05) is 13.2 Å². The highest BCUT2D eigenvalue weighted by Crippen LogP contribution is 2.24. The van der Waals surface area contributed by atoms with E-state index in [4.69, 9.17) is 4.74 Å². The maximum Gasteiger partial charge on any atom is 0.410 e. The van der Waals surface area contributed by atoms with Gasteiger partial charge in [-0.05, 0) is 32.0 Å². The average Bonchev–Trinajstić information content (AvgIpc) is 2.93. The molecule has 0 fully saturated rings. The Labute approximate surface area is 129 Å². The normalized spacial score (nSPS) is 13.9. The van der Waals surface area contributed by atoms with Crippen LogP contribution in [0.25, 0.3) is 5.69 Å². The molecule has 1 amide bonds. The van der Waals surface area contributed by atoms with E-state index in [1.807, 2.05) is 48.0 Å². The number of fused-ring (bicyclic) bond motifs is 1. The first kappa shape index (κ1) is 14.4. The van der Waals surface area contributed by atoms with E-state index in [1.165, 1.54) is 10.5 Å². The Bertz CT molecular complexity index is 716. The van der Waals surface area contributed by atoms with E-state index in [-0.39, 0.29) is 12.3 Å². The largest absolute Gasteiger partial charge is 0.450 e. The highest BCUT2D eigenvalue weighted by atomic mass is 16.6. The zero-order chi connectivity index (χ0) is 15.7. The van der Waals surface area contributed by atoms with E-state index in [9.17, 15) is 9.59 Å². The molecule has 2 heterocycles. The topological polar surface area (TPSA) is 51.5 Å². The predicted molar refractivity (Wildman–Crippen MR) is 82.3 cm³/mol. The first-order valence-electron chi connectivity index (χ1n) is 7.32. The molecule has 0 aliphatic carbocycles. The Balaban J connectivity index is 1.96. The monoisotopic (exact) mass is 298 g/mol. The fourth-order valence-electron chi connectivity index (χ4n) is 2.67. The SMILES string of the molecule is CCOC(=O)N1CC(=O)c2ccn(-c3ccc(C)cc3)c2C1. The molecular weight excluding hydrogens is 280 g/mol. The number of aromatic nitrogens is 1. The van der Waals surface area contributed by atoms with Crippen LogP contribution in [0, 0.1) is 6.92 Å². The van der Waals surface area contributed by atoms with Crippen LogP contribution in [0.5, 0.6) is 0 Å². The van der Waals surface area contributed by atoms with Gasteiger partial charge in [0.15, 0.2) is 5.78 Å². The van der Waals surface area contributed by atoms with Crippen molar-refractivity contribution in [2.24, 2.45) is 0 Å². The molecule has 5 nitrogen and oxygen atoms in total. The van der Waals surface area contributed by atoms with E-state index in [0.717, 1.165) is 11.4 Å². The Kier molecular flexibility index (Phi) is 3.71. The van der Waals surface area contributed by atoms with Gasteiger partial charge in [-0.2, -0.15) is 0 Å². The number of carbonyl (C=O) groups is 2. The Morgan fingerprint density at radius 1 is 1.18 bits per heavy atom. The maximum absolute atomic E-state index is 12.2. The van der Waals surface area contributed by atoms with E-state index < -0.39 is 6.09 Å². The quantitative estimate of drug-likeness (QED) is 0.856. The summed E-state index contributed by atoms with van der Waals surface area (Å²) in [6.45, 7) is 4.53. The molecule has 0 spiro atoms. The number of ketones is 1. The lowest BCUT2D eigenvalue weighted by molar-refractivity contribution is 0.0793. The lowest BCUT2D eigenvalue weighted by Gasteiger charge is -2.26. The van der Waals surface area contributed by atoms with Crippen LogP contribution in [-0.4, -0.2) is 34.5 Å². The molecule has 0 bridgehead atoms. The zero-order valence-electron chi connectivity index (χ0n) is 12.7. The zero-order valence-corrected chi connectivity index (χ0v) is 12.7. The summed E-state index contributed by atoms with van der Waals surface area (Å²) >= 11 is 0. The van der Waals surface area contributed by atoms with Gasteiger partial charge in [-0.3, -0.25) is 9.69 Å². The van der Waals surface area contributed by atoms with Gasteiger partial charge in [0, 0.05) is 17.4 Å². The number of Topliss-reactive ketones (excluding diaryl/α,β-unsaturated/α-hetero) is 1. The summed E-state index contributed by atoms with van der Waals surface area (Å²) in [7, 11) is 0. The van der Waals surface area contributed by atoms with Gasteiger partial charge in [0.05, 0.1) is 25.4 Å². The van der Waals surface area contributed by atoms with Gasteiger partial charge in [-0.15, -0.1) is 0 Å². The van der Waals surface area contributed by atoms with Crippen LogP contribution in [-0.2, 0) is 11.3 Å². The van der Waals surface area contributed by atoms with Crippen molar-refractivity contribution in [3.63, 3.8) is 0 Å². The summed E-state index contributed by atoms with van der Waals surface area (Å²) in [5.74, 6) is -0.0554. The van der Waals surface area contributed by atoms with Gasteiger partial charge in [0.25, 0.3) is 0 Å². The molecule has 5 heteroatoms. The molecule has 1 aromatic heterocycles. The second-order valence-electron chi connectivity index (χ2n) is 5.36. The van der Waals surface area contributed by atoms with Crippen LogP contribution in [0.4, 0.5) is 4.79 Å². The summed E-state index contributed by atoms with van der Waals surface area (Å²) in [5.41, 5.74) is 3.66. The summed E-state index contributed by atoms with van der Waals surface area (Å²) in [6.07, 6.45) is 1.43. The Morgan fingerprint density at radius 3 is 2.59 bits per heavy atom. The third-order valence-corrected chi connectivity index (χ3v) is 3.81. The number of hydrogen-bond acceptors (Lipinski definition) is 3. The molecule has 2 aromatic rings. The lowest BCUT2D eigenvalue weighted by Crippen LogP contribution is -2.40. The van der Waals surface area contributed by atoms with Crippen molar-refractivity contribution in [1.82, 2.24) is 9.47 Å². The number of amides is 1. The fourth-order valence-corrected chi connectivity index (χ4v) is 2.67. The van der Waals surface area contributed by atoms with Gasteiger partial charge < -0.3 is 9.30 Å². The molecule has 0 atom stereocenters. The van der Waals surface area contributed by atoms with Crippen molar-refractivity contribution in [3.8, 4) is 5.69 Å². The molecule has 0 saturated carbocycles. The van der Waals surface area contributed by atoms with Crippen molar-refractivity contribution in [2.45, 2.75) is 20.4 Å². The molecule has 0 saturated heterocycles. The first-order chi connectivity index (χ1) is 10.6. The first-order valence-corrected chi connectivity index (χ1v) is 7.32. The van der Waals surface area contributed by atoms with E-state index in [0.29, 0.717) is 18.7 Å². The number of ether oxygens (including phenoxy) is 1. The van der Waals surface area contributed by atoms with Gasteiger partial charge >= 0.3 is 6.09 Å². The van der Waals surface area contributed by atoms with Crippen molar-refractivity contribution in [1.29, 1.82) is 0 Å². The van der Waals surface area contributed by atoms with Crippen LogP contribution in [0.15, 0.2) is 36.5 Å². The number of aryl methyl sites for hydroxylation is 1. The molecular formula is C17H18N2O3. The highest BCUT2D eigenvalue weighted by molar-refractivity contribution is 6.01. The lowest BCUT2D eigenvalue weighted by atomic mass is 10.1. The van der Waals surface area contributed by atoms with Crippen molar-refractivity contribution < 1.29 is 14.3 Å². The van der Waals surface area contributed by atoms with Gasteiger partial charge in [0.1, 0.15) is 0 Å². The summed E-state index contributed by atoms with van der Waals surface area (Å²) in [4.78, 5) is 25.6. The maximum atomic E-state index is 12.2. The molecule has 1 aliphatic heterocycles. The minimum Gasteiger partial charge on any atom is -0.450 e. The second kappa shape index (κ2) is 5.67. The van der Waals surface area contributed by atoms with Gasteiger partial charge in [0.2, 0.25) is 0 Å². The molecule has 0 unspecified atom stereocenters. The molecule has 1 aliphatic rings. The van der Waals surface area contributed by atoms with Crippen LogP contribution in [0.3, 0.4) is 0 Å². The minimum atomic E-state index is -0.446. The average molecular weight is 298 g/mol. The molecule has 1 aromatic carbocycles. The Hall–Kier alpha value is -2.56.